The summed E-state index contributed by atoms with van der Waals surface area (Å²) in [7, 11) is 0. The molecule has 16 heavy (non-hydrogen) atoms. The molecule has 0 unspecified atom stereocenters. The molecule has 0 atom stereocenters. The van der Waals surface area contributed by atoms with E-state index in [0.717, 1.165) is 17.7 Å². The Morgan fingerprint density at radius 3 is 2.56 bits per heavy atom. The zero-order chi connectivity index (χ0) is 11.4. The van der Waals surface area contributed by atoms with Gasteiger partial charge < -0.3 is 10.2 Å². The number of nitrogens with two attached hydrogens (primary N) is 1. The van der Waals surface area contributed by atoms with Crippen LogP contribution in [0.1, 0.15) is 24.8 Å². The lowest BCUT2D eigenvalue weighted by Gasteiger charge is -2.00. The Morgan fingerprint density at radius 2 is 2.00 bits per heavy atom. The van der Waals surface area contributed by atoms with Crippen LogP contribution in [0, 0.1) is 0 Å². The summed E-state index contributed by atoms with van der Waals surface area (Å²) in [4.78, 5) is 4.08. The third-order valence-corrected chi connectivity index (χ3v) is 2.51. The Bertz CT molecular complexity index is 445. The molecule has 1 aromatic carbocycles. The molecule has 0 amide bonds. The standard InChI is InChI=1S/C13H16N2O/c1-2-3-10-4-6-11(7-5-10)12-9-15-13(8-14)16-12/h4-7,9H,2-3,8,14H2,1H3. The second kappa shape index (κ2) is 4.94. The van der Waals surface area contributed by atoms with Crippen molar-refractivity contribution in [2.24, 2.45) is 5.73 Å². The molecule has 1 aromatic heterocycles. The summed E-state index contributed by atoms with van der Waals surface area (Å²) in [5, 5.41) is 0. The minimum Gasteiger partial charge on any atom is -0.439 e. The average Bonchev–Trinajstić information content (AvgIpc) is 2.79. The Labute approximate surface area is 95.3 Å². The van der Waals surface area contributed by atoms with Gasteiger partial charge in [-0.2, -0.15) is 0 Å². The molecule has 84 valence electrons. The quantitative estimate of drug-likeness (QED) is 0.855. The number of nitrogens with zero attached hydrogens (tertiary/aromatic N) is 1. The highest BCUT2D eigenvalue weighted by Crippen LogP contribution is 2.21. The highest BCUT2D eigenvalue weighted by molar-refractivity contribution is 5.56. The summed E-state index contributed by atoms with van der Waals surface area (Å²) in [6.45, 7) is 2.52. The molecule has 0 aliphatic heterocycles. The number of rotatable bonds is 4. The lowest BCUT2D eigenvalue weighted by atomic mass is 10.1. The van der Waals surface area contributed by atoms with Crippen LogP contribution in [0.3, 0.4) is 0 Å². The van der Waals surface area contributed by atoms with Crippen LogP contribution in [-0.4, -0.2) is 4.98 Å². The molecule has 0 fully saturated rings. The Balaban J connectivity index is 2.20. The largest absolute Gasteiger partial charge is 0.439 e. The molecule has 0 bridgehead atoms. The van der Waals surface area contributed by atoms with E-state index in [1.165, 1.54) is 12.0 Å². The number of aryl methyl sites for hydroxylation is 1. The van der Waals surface area contributed by atoms with E-state index < -0.39 is 0 Å². The van der Waals surface area contributed by atoms with Crippen LogP contribution in [0.4, 0.5) is 0 Å². The minimum atomic E-state index is 0.341. The van der Waals surface area contributed by atoms with Gasteiger partial charge in [0.15, 0.2) is 5.76 Å². The Morgan fingerprint density at radius 1 is 1.25 bits per heavy atom. The summed E-state index contributed by atoms with van der Waals surface area (Å²) < 4.78 is 5.48. The van der Waals surface area contributed by atoms with Gasteiger partial charge in [0.05, 0.1) is 12.7 Å². The first-order valence-electron chi connectivity index (χ1n) is 5.57. The van der Waals surface area contributed by atoms with Crippen molar-refractivity contribution in [3.63, 3.8) is 0 Å². The van der Waals surface area contributed by atoms with Gasteiger partial charge in [0.1, 0.15) is 0 Å². The van der Waals surface area contributed by atoms with Crippen LogP contribution < -0.4 is 5.73 Å². The van der Waals surface area contributed by atoms with Crippen LogP contribution in [-0.2, 0) is 13.0 Å². The molecule has 0 spiro atoms. The zero-order valence-electron chi connectivity index (χ0n) is 9.44. The molecule has 2 aromatic rings. The number of hydrogen-bond acceptors (Lipinski definition) is 3. The Hall–Kier alpha value is -1.61. The number of benzene rings is 1. The van der Waals surface area contributed by atoms with E-state index in [1.807, 2.05) is 0 Å². The predicted molar refractivity (Wildman–Crippen MR) is 63.8 cm³/mol. The zero-order valence-corrected chi connectivity index (χ0v) is 9.44. The molecular weight excluding hydrogens is 200 g/mol. The van der Waals surface area contributed by atoms with E-state index >= 15 is 0 Å². The van der Waals surface area contributed by atoms with Crippen molar-refractivity contribution in [1.82, 2.24) is 4.98 Å². The van der Waals surface area contributed by atoms with Gasteiger partial charge in [-0.1, -0.05) is 37.6 Å². The topological polar surface area (TPSA) is 52.0 Å². The molecule has 3 nitrogen and oxygen atoms in total. The maximum atomic E-state index is 5.48. The maximum absolute atomic E-state index is 5.48. The maximum Gasteiger partial charge on any atom is 0.208 e. The van der Waals surface area contributed by atoms with Crippen molar-refractivity contribution >= 4 is 0 Å². The molecule has 2 rings (SSSR count). The highest BCUT2D eigenvalue weighted by Gasteiger charge is 2.04. The number of aromatic nitrogens is 1. The van der Waals surface area contributed by atoms with Crippen molar-refractivity contribution in [3.05, 3.63) is 41.9 Å². The van der Waals surface area contributed by atoms with E-state index in [9.17, 15) is 0 Å². The van der Waals surface area contributed by atoms with E-state index in [2.05, 4.69) is 36.2 Å². The lowest BCUT2D eigenvalue weighted by Crippen LogP contribution is -1.94. The van der Waals surface area contributed by atoms with Crippen molar-refractivity contribution in [3.8, 4) is 11.3 Å². The van der Waals surface area contributed by atoms with Crippen LogP contribution in [0.5, 0.6) is 0 Å². The third kappa shape index (κ3) is 2.31. The molecule has 3 heteroatoms. The van der Waals surface area contributed by atoms with E-state index in [1.54, 1.807) is 6.20 Å². The van der Waals surface area contributed by atoms with Gasteiger partial charge in [0.25, 0.3) is 0 Å². The van der Waals surface area contributed by atoms with Gasteiger partial charge in [0, 0.05) is 5.56 Å². The Kier molecular flexibility index (Phi) is 3.37. The first-order valence-corrected chi connectivity index (χ1v) is 5.57. The second-order valence-corrected chi connectivity index (χ2v) is 3.77. The fraction of sp³-hybridized carbons (Fsp3) is 0.308. The first-order chi connectivity index (χ1) is 7.83. The van der Waals surface area contributed by atoms with Crippen molar-refractivity contribution in [2.45, 2.75) is 26.3 Å². The molecule has 0 saturated heterocycles. The summed E-state index contributed by atoms with van der Waals surface area (Å²) in [6, 6.07) is 8.38. The third-order valence-electron chi connectivity index (χ3n) is 2.51. The molecule has 1 heterocycles. The van der Waals surface area contributed by atoms with Gasteiger partial charge in [-0.05, 0) is 12.0 Å². The first kappa shape index (κ1) is 10.9. The van der Waals surface area contributed by atoms with E-state index in [0.29, 0.717) is 12.4 Å². The molecular formula is C13H16N2O. The van der Waals surface area contributed by atoms with Crippen molar-refractivity contribution < 1.29 is 4.42 Å². The number of hydrogen-bond donors (Lipinski definition) is 1. The SMILES string of the molecule is CCCc1ccc(-c2cnc(CN)o2)cc1. The van der Waals surface area contributed by atoms with Gasteiger partial charge >= 0.3 is 0 Å². The van der Waals surface area contributed by atoms with Gasteiger partial charge in [-0.3, -0.25) is 0 Å². The molecule has 0 aliphatic carbocycles. The monoisotopic (exact) mass is 216 g/mol. The second-order valence-electron chi connectivity index (χ2n) is 3.77. The van der Waals surface area contributed by atoms with E-state index in [-0.39, 0.29) is 0 Å². The molecule has 0 saturated carbocycles. The van der Waals surface area contributed by atoms with E-state index in [4.69, 9.17) is 10.2 Å². The van der Waals surface area contributed by atoms with Crippen molar-refractivity contribution in [2.75, 3.05) is 0 Å². The lowest BCUT2D eigenvalue weighted by molar-refractivity contribution is 0.509. The molecule has 0 aliphatic rings. The highest BCUT2D eigenvalue weighted by atomic mass is 16.4. The van der Waals surface area contributed by atoms with Crippen LogP contribution in [0.15, 0.2) is 34.9 Å². The summed E-state index contributed by atoms with van der Waals surface area (Å²) >= 11 is 0. The van der Waals surface area contributed by atoms with Crippen LogP contribution in [0.25, 0.3) is 11.3 Å². The number of oxazole rings is 1. The predicted octanol–water partition coefficient (Wildman–Crippen LogP) is 2.75. The van der Waals surface area contributed by atoms with Gasteiger partial charge in [-0.15, -0.1) is 0 Å². The van der Waals surface area contributed by atoms with Crippen LogP contribution >= 0.6 is 0 Å². The smallest absolute Gasteiger partial charge is 0.208 e. The fourth-order valence-electron chi connectivity index (χ4n) is 1.66. The summed E-state index contributed by atoms with van der Waals surface area (Å²) in [5.41, 5.74) is 7.85. The van der Waals surface area contributed by atoms with Gasteiger partial charge in [-0.25, -0.2) is 4.98 Å². The fourth-order valence-corrected chi connectivity index (χ4v) is 1.66. The van der Waals surface area contributed by atoms with Gasteiger partial charge in [0.2, 0.25) is 5.89 Å². The van der Waals surface area contributed by atoms with Crippen LogP contribution in [0.2, 0.25) is 0 Å². The minimum absolute atomic E-state index is 0.341. The molecule has 0 radical (unpaired) electrons. The summed E-state index contributed by atoms with van der Waals surface area (Å²) in [6.07, 6.45) is 4.00. The summed E-state index contributed by atoms with van der Waals surface area (Å²) in [5.74, 6) is 1.36. The molecule has 2 N–H and O–H groups in total. The van der Waals surface area contributed by atoms with Crippen molar-refractivity contribution in [1.29, 1.82) is 0 Å². The average molecular weight is 216 g/mol. The normalized spacial score (nSPS) is 10.6.